The van der Waals surface area contributed by atoms with Gasteiger partial charge in [0.2, 0.25) is 0 Å². The highest BCUT2D eigenvalue weighted by molar-refractivity contribution is 9.09. The van der Waals surface area contributed by atoms with Crippen LogP contribution in [-0.2, 0) is 0 Å². The van der Waals surface area contributed by atoms with Gasteiger partial charge in [0.1, 0.15) is 0 Å². The van der Waals surface area contributed by atoms with Crippen molar-refractivity contribution < 1.29 is 10.2 Å². The van der Waals surface area contributed by atoms with Gasteiger partial charge in [0.05, 0.1) is 0 Å². The van der Waals surface area contributed by atoms with Crippen LogP contribution in [0.15, 0.2) is 18.2 Å². The Morgan fingerprint density at radius 3 is 2.67 bits per heavy atom. The molecule has 0 aliphatic heterocycles. The van der Waals surface area contributed by atoms with Crippen LogP contribution >= 0.6 is 15.9 Å². The molecule has 15 heavy (non-hydrogen) atoms. The van der Waals surface area contributed by atoms with Crippen LogP contribution in [0.25, 0.3) is 0 Å². The number of aromatic hydroxyl groups is 2. The Kier molecular flexibility index (Phi) is 4.95. The van der Waals surface area contributed by atoms with E-state index in [9.17, 15) is 10.2 Å². The summed E-state index contributed by atoms with van der Waals surface area (Å²) in [6.07, 6.45) is 4.49. The molecule has 0 aliphatic carbocycles. The Morgan fingerprint density at radius 1 is 1.27 bits per heavy atom. The zero-order valence-electron chi connectivity index (χ0n) is 8.91. The van der Waals surface area contributed by atoms with Gasteiger partial charge in [-0.1, -0.05) is 54.2 Å². The molecule has 0 spiro atoms. The number of unbranched alkanes of at least 4 members (excludes halogenated alkanes) is 2. The van der Waals surface area contributed by atoms with Crippen LogP contribution in [0.3, 0.4) is 0 Å². The van der Waals surface area contributed by atoms with Crippen LogP contribution in [0.1, 0.15) is 43.0 Å². The van der Waals surface area contributed by atoms with E-state index in [2.05, 4.69) is 22.9 Å². The molecule has 3 heteroatoms. The largest absolute Gasteiger partial charge is 0.504 e. The molecule has 0 aromatic heterocycles. The molecule has 2 N–H and O–H groups in total. The third-order valence-electron chi connectivity index (χ3n) is 2.44. The lowest BCUT2D eigenvalue weighted by molar-refractivity contribution is 0.398. The molecule has 1 unspecified atom stereocenters. The van der Waals surface area contributed by atoms with E-state index in [-0.39, 0.29) is 16.3 Å². The van der Waals surface area contributed by atoms with Crippen molar-refractivity contribution in [3.8, 4) is 11.5 Å². The first-order chi connectivity index (χ1) is 7.16. The fourth-order valence-corrected chi connectivity index (χ4v) is 2.22. The minimum Gasteiger partial charge on any atom is -0.504 e. The van der Waals surface area contributed by atoms with Gasteiger partial charge in [0.15, 0.2) is 11.5 Å². The molecule has 0 radical (unpaired) electrons. The third kappa shape index (κ3) is 3.42. The quantitative estimate of drug-likeness (QED) is 0.481. The van der Waals surface area contributed by atoms with E-state index in [0.717, 1.165) is 18.4 Å². The average molecular weight is 273 g/mol. The summed E-state index contributed by atoms with van der Waals surface area (Å²) < 4.78 is 0. The first kappa shape index (κ1) is 12.4. The van der Waals surface area contributed by atoms with Crippen molar-refractivity contribution in [2.45, 2.75) is 37.4 Å². The molecule has 0 bridgehead atoms. The SMILES string of the molecule is CCCCCC(Br)c1cccc(O)c1O. The Morgan fingerprint density at radius 2 is 2.00 bits per heavy atom. The molecule has 1 rings (SSSR count). The molecule has 0 heterocycles. The summed E-state index contributed by atoms with van der Waals surface area (Å²) in [5.41, 5.74) is 0.770. The normalized spacial score (nSPS) is 12.7. The lowest BCUT2D eigenvalue weighted by Crippen LogP contribution is -1.91. The Bertz CT molecular complexity index is 312. The summed E-state index contributed by atoms with van der Waals surface area (Å²) in [7, 11) is 0. The van der Waals surface area contributed by atoms with E-state index in [0.29, 0.717) is 0 Å². The molecule has 1 aromatic rings. The summed E-state index contributed by atoms with van der Waals surface area (Å²) >= 11 is 3.53. The van der Waals surface area contributed by atoms with Crippen molar-refractivity contribution in [1.29, 1.82) is 0 Å². The van der Waals surface area contributed by atoms with Crippen molar-refractivity contribution >= 4 is 15.9 Å². The summed E-state index contributed by atoms with van der Waals surface area (Å²) in [5, 5.41) is 19.0. The van der Waals surface area contributed by atoms with E-state index in [1.165, 1.54) is 18.9 Å². The van der Waals surface area contributed by atoms with Gasteiger partial charge in [0.25, 0.3) is 0 Å². The van der Waals surface area contributed by atoms with Gasteiger partial charge < -0.3 is 10.2 Å². The molecule has 0 fully saturated rings. The Labute approximate surface area is 99.1 Å². The third-order valence-corrected chi connectivity index (χ3v) is 3.40. The van der Waals surface area contributed by atoms with Gasteiger partial charge >= 0.3 is 0 Å². The smallest absolute Gasteiger partial charge is 0.161 e. The van der Waals surface area contributed by atoms with E-state index >= 15 is 0 Å². The van der Waals surface area contributed by atoms with Crippen LogP contribution in [0.4, 0.5) is 0 Å². The van der Waals surface area contributed by atoms with Gasteiger partial charge in [-0.05, 0) is 12.5 Å². The topological polar surface area (TPSA) is 40.5 Å². The lowest BCUT2D eigenvalue weighted by Gasteiger charge is -2.12. The highest BCUT2D eigenvalue weighted by Crippen LogP contribution is 2.38. The Hall–Kier alpha value is -0.700. The van der Waals surface area contributed by atoms with E-state index < -0.39 is 0 Å². The maximum absolute atomic E-state index is 9.64. The van der Waals surface area contributed by atoms with Gasteiger partial charge in [-0.15, -0.1) is 0 Å². The molecular weight excluding hydrogens is 256 g/mol. The van der Waals surface area contributed by atoms with Crippen LogP contribution in [-0.4, -0.2) is 10.2 Å². The summed E-state index contributed by atoms with van der Waals surface area (Å²) in [6, 6.07) is 5.07. The zero-order chi connectivity index (χ0) is 11.3. The second-order valence-corrected chi connectivity index (χ2v) is 4.78. The second kappa shape index (κ2) is 6.01. The first-order valence-corrected chi connectivity index (χ1v) is 6.23. The predicted octanol–water partition coefficient (Wildman–Crippen LogP) is 4.11. The molecular formula is C12H17BrO2. The van der Waals surface area contributed by atoms with Gasteiger partial charge in [-0.25, -0.2) is 0 Å². The van der Waals surface area contributed by atoms with Crippen LogP contribution in [0.2, 0.25) is 0 Å². The van der Waals surface area contributed by atoms with Crippen molar-refractivity contribution in [1.82, 2.24) is 0 Å². The number of halogens is 1. The van der Waals surface area contributed by atoms with Crippen molar-refractivity contribution in [3.05, 3.63) is 23.8 Å². The van der Waals surface area contributed by atoms with E-state index in [1.54, 1.807) is 6.07 Å². The minimum atomic E-state index is -0.0487. The van der Waals surface area contributed by atoms with Crippen molar-refractivity contribution in [3.63, 3.8) is 0 Å². The number of benzene rings is 1. The molecule has 84 valence electrons. The molecule has 0 saturated heterocycles. The van der Waals surface area contributed by atoms with Gasteiger partial charge in [-0.2, -0.15) is 0 Å². The summed E-state index contributed by atoms with van der Waals surface area (Å²) in [4.78, 5) is 0.121. The molecule has 0 amide bonds. The molecule has 0 aliphatic rings. The number of para-hydroxylation sites is 1. The average Bonchev–Trinajstić information content (AvgIpc) is 2.22. The number of hydrogen-bond donors (Lipinski definition) is 2. The van der Waals surface area contributed by atoms with E-state index in [1.807, 2.05) is 6.07 Å². The fourth-order valence-electron chi connectivity index (χ4n) is 1.53. The molecule has 2 nitrogen and oxygen atoms in total. The number of hydrogen-bond acceptors (Lipinski definition) is 2. The predicted molar refractivity (Wildman–Crippen MR) is 65.6 cm³/mol. The summed E-state index contributed by atoms with van der Waals surface area (Å²) in [6.45, 7) is 2.16. The first-order valence-electron chi connectivity index (χ1n) is 5.31. The highest BCUT2D eigenvalue weighted by Gasteiger charge is 2.13. The summed E-state index contributed by atoms with van der Waals surface area (Å²) in [5.74, 6) is -0.0525. The van der Waals surface area contributed by atoms with Crippen LogP contribution in [0, 0.1) is 0 Å². The standard InChI is InChI=1S/C12H17BrO2/c1-2-3-4-7-10(13)9-6-5-8-11(14)12(9)15/h5-6,8,10,14-15H,2-4,7H2,1H3. The minimum absolute atomic E-state index is 0.00382. The van der Waals surface area contributed by atoms with Crippen molar-refractivity contribution in [2.75, 3.05) is 0 Å². The number of rotatable bonds is 5. The van der Waals surface area contributed by atoms with E-state index in [4.69, 9.17) is 0 Å². The number of phenolic OH excluding ortho intramolecular Hbond substituents is 2. The van der Waals surface area contributed by atoms with Crippen LogP contribution < -0.4 is 0 Å². The maximum Gasteiger partial charge on any atom is 0.161 e. The number of alkyl halides is 1. The van der Waals surface area contributed by atoms with Crippen molar-refractivity contribution in [2.24, 2.45) is 0 Å². The highest BCUT2D eigenvalue weighted by atomic mass is 79.9. The monoisotopic (exact) mass is 272 g/mol. The second-order valence-electron chi connectivity index (χ2n) is 3.68. The fraction of sp³-hybridized carbons (Fsp3) is 0.500. The lowest BCUT2D eigenvalue weighted by atomic mass is 10.0. The Balaban J connectivity index is 2.65. The molecule has 1 aromatic carbocycles. The zero-order valence-corrected chi connectivity index (χ0v) is 10.5. The van der Waals surface area contributed by atoms with Gasteiger partial charge in [-0.3, -0.25) is 0 Å². The maximum atomic E-state index is 9.64. The van der Waals surface area contributed by atoms with Crippen LogP contribution in [0.5, 0.6) is 11.5 Å². The molecule has 1 atom stereocenters. The molecule has 0 saturated carbocycles. The van der Waals surface area contributed by atoms with Gasteiger partial charge in [0, 0.05) is 10.4 Å². The number of phenols is 2.